The maximum atomic E-state index is 11.0. The number of rotatable bonds is 5. The highest BCUT2D eigenvalue weighted by atomic mass is 16.5. The van der Waals surface area contributed by atoms with Gasteiger partial charge in [0.15, 0.2) is 0 Å². The van der Waals surface area contributed by atoms with E-state index in [9.17, 15) is 4.79 Å². The molecule has 0 bridgehead atoms. The highest BCUT2D eigenvalue weighted by Crippen LogP contribution is 1.87. The summed E-state index contributed by atoms with van der Waals surface area (Å²) in [7, 11) is 0. The van der Waals surface area contributed by atoms with E-state index in [0.717, 1.165) is 5.57 Å². The third kappa shape index (κ3) is 7.28. The third-order valence-corrected chi connectivity index (χ3v) is 1.14. The van der Waals surface area contributed by atoms with Gasteiger partial charge in [0.2, 0.25) is 5.91 Å². The first-order valence-corrected chi connectivity index (χ1v) is 4.05. The average Bonchev–Trinajstić information content (AvgIpc) is 1.96. The molecule has 0 aromatic carbocycles. The summed E-state index contributed by atoms with van der Waals surface area (Å²) >= 11 is 0. The summed E-state index contributed by atoms with van der Waals surface area (Å²) in [5.41, 5.74) is 0.938. The number of carbonyl (C=O) groups is 1. The summed E-state index contributed by atoms with van der Waals surface area (Å²) in [5.74, 6) is -0.0910. The maximum Gasteiger partial charge on any atom is 0.246 e. The van der Waals surface area contributed by atoms with Crippen molar-refractivity contribution >= 4 is 5.91 Å². The molecule has 0 saturated carbocycles. The minimum Gasteiger partial charge on any atom is -0.369 e. The lowest BCUT2D eigenvalue weighted by molar-refractivity contribution is -0.126. The van der Waals surface area contributed by atoms with E-state index < -0.39 is 0 Å². The fourth-order valence-corrected chi connectivity index (χ4v) is 0.543. The van der Waals surface area contributed by atoms with Gasteiger partial charge in [0.25, 0.3) is 0 Å². The van der Waals surface area contributed by atoms with Crippen molar-refractivity contribution in [3.63, 3.8) is 0 Å². The molecule has 70 valence electrons. The van der Waals surface area contributed by atoms with Gasteiger partial charge in [0, 0.05) is 6.54 Å². The molecule has 0 rings (SSSR count). The normalized spacial score (nSPS) is 10.0. The molecule has 3 heteroatoms. The summed E-state index contributed by atoms with van der Waals surface area (Å²) < 4.78 is 5.09. The van der Waals surface area contributed by atoms with Crippen molar-refractivity contribution in [2.24, 2.45) is 0 Å². The lowest BCUT2D eigenvalue weighted by atomic mass is 10.3. The van der Waals surface area contributed by atoms with Crippen molar-refractivity contribution < 1.29 is 9.53 Å². The Labute approximate surface area is 73.8 Å². The summed E-state index contributed by atoms with van der Waals surface area (Å²) in [6, 6.07) is 0. The number of ether oxygens (including phenoxy) is 1. The van der Waals surface area contributed by atoms with Crippen LogP contribution in [0.1, 0.15) is 20.8 Å². The Morgan fingerprint density at radius 1 is 1.58 bits per heavy atom. The van der Waals surface area contributed by atoms with Crippen LogP contribution in [0.4, 0.5) is 0 Å². The van der Waals surface area contributed by atoms with Gasteiger partial charge in [-0.15, -0.1) is 0 Å². The van der Waals surface area contributed by atoms with E-state index in [1.807, 2.05) is 20.8 Å². The van der Waals surface area contributed by atoms with E-state index >= 15 is 0 Å². The van der Waals surface area contributed by atoms with Gasteiger partial charge >= 0.3 is 0 Å². The van der Waals surface area contributed by atoms with Gasteiger partial charge in [-0.25, -0.2) is 0 Å². The predicted molar refractivity (Wildman–Crippen MR) is 48.9 cm³/mol. The van der Waals surface area contributed by atoms with Crippen LogP contribution in [0.3, 0.4) is 0 Å². The molecule has 0 spiro atoms. The van der Waals surface area contributed by atoms with Gasteiger partial charge in [0.05, 0.1) is 6.10 Å². The van der Waals surface area contributed by atoms with Crippen molar-refractivity contribution in [1.29, 1.82) is 0 Å². The predicted octanol–water partition coefficient (Wildman–Crippen LogP) is 1.10. The fourth-order valence-electron chi connectivity index (χ4n) is 0.543. The van der Waals surface area contributed by atoms with E-state index in [2.05, 4.69) is 11.9 Å². The van der Waals surface area contributed by atoms with Crippen molar-refractivity contribution in [3.05, 3.63) is 12.2 Å². The average molecular weight is 171 g/mol. The third-order valence-electron chi connectivity index (χ3n) is 1.14. The second kappa shape index (κ2) is 5.77. The quantitative estimate of drug-likeness (QED) is 0.629. The van der Waals surface area contributed by atoms with Crippen molar-refractivity contribution in [2.75, 3.05) is 13.2 Å². The lowest BCUT2D eigenvalue weighted by Crippen LogP contribution is -2.29. The van der Waals surface area contributed by atoms with Crippen LogP contribution in [0.15, 0.2) is 12.2 Å². The summed E-state index contributed by atoms with van der Waals surface area (Å²) in [6.07, 6.45) is 0.0978. The number of amides is 1. The molecule has 0 heterocycles. The molecule has 0 atom stereocenters. The maximum absolute atomic E-state index is 11.0. The molecule has 0 aromatic rings. The molecule has 0 saturated heterocycles. The summed E-state index contributed by atoms with van der Waals surface area (Å²) in [4.78, 5) is 11.0. The zero-order chi connectivity index (χ0) is 9.56. The van der Waals surface area contributed by atoms with E-state index in [1.54, 1.807) is 0 Å². The molecule has 0 radical (unpaired) electrons. The van der Waals surface area contributed by atoms with Crippen LogP contribution in [0.2, 0.25) is 0 Å². The van der Waals surface area contributed by atoms with E-state index in [1.165, 1.54) is 0 Å². The minimum atomic E-state index is -0.0910. The largest absolute Gasteiger partial charge is 0.369 e. The van der Waals surface area contributed by atoms with Crippen molar-refractivity contribution in [1.82, 2.24) is 5.32 Å². The molecular formula is C9H17NO2. The van der Waals surface area contributed by atoms with Gasteiger partial charge in [-0.05, 0) is 20.8 Å². The van der Waals surface area contributed by atoms with Gasteiger partial charge < -0.3 is 10.1 Å². The van der Waals surface area contributed by atoms with Gasteiger partial charge in [-0.2, -0.15) is 0 Å². The zero-order valence-corrected chi connectivity index (χ0v) is 8.02. The van der Waals surface area contributed by atoms with E-state index in [-0.39, 0.29) is 18.6 Å². The number of carbonyl (C=O) groups excluding carboxylic acids is 1. The monoisotopic (exact) mass is 171 g/mol. The van der Waals surface area contributed by atoms with Crippen LogP contribution in [0, 0.1) is 0 Å². The van der Waals surface area contributed by atoms with Crippen LogP contribution >= 0.6 is 0 Å². The molecule has 0 aliphatic heterocycles. The Bertz CT molecular complexity index is 164. The Morgan fingerprint density at radius 3 is 2.58 bits per heavy atom. The van der Waals surface area contributed by atoms with Crippen LogP contribution in [-0.4, -0.2) is 25.2 Å². The van der Waals surface area contributed by atoms with E-state index in [0.29, 0.717) is 6.54 Å². The van der Waals surface area contributed by atoms with Gasteiger partial charge in [-0.3, -0.25) is 4.79 Å². The molecule has 1 amide bonds. The number of nitrogens with one attached hydrogen (secondary N) is 1. The van der Waals surface area contributed by atoms with Crippen molar-refractivity contribution in [2.45, 2.75) is 26.9 Å². The second-order valence-electron chi connectivity index (χ2n) is 3.09. The molecule has 1 N–H and O–H groups in total. The molecule has 0 aliphatic carbocycles. The minimum absolute atomic E-state index is 0.0910. The van der Waals surface area contributed by atoms with Crippen LogP contribution in [0.5, 0.6) is 0 Å². The molecule has 12 heavy (non-hydrogen) atoms. The Morgan fingerprint density at radius 2 is 2.17 bits per heavy atom. The van der Waals surface area contributed by atoms with Gasteiger partial charge in [0.1, 0.15) is 6.61 Å². The van der Waals surface area contributed by atoms with Crippen LogP contribution < -0.4 is 5.32 Å². The summed E-state index contributed by atoms with van der Waals surface area (Å²) in [6.45, 7) is 9.98. The first-order chi connectivity index (χ1) is 5.52. The highest BCUT2D eigenvalue weighted by molar-refractivity contribution is 5.77. The van der Waals surface area contributed by atoms with Gasteiger partial charge in [-0.1, -0.05) is 12.2 Å². The first kappa shape index (κ1) is 11.2. The summed E-state index contributed by atoms with van der Waals surface area (Å²) in [5, 5.41) is 2.67. The Balaban J connectivity index is 3.40. The van der Waals surface area contributed by atoms with Crippen molar-refractivity contribution in [3.8, 4) is 0 Å². The molecular weight excluding hydrogens is 154 g/mol. The smallest absolute Gasteiger partial charge is 0.246 e. The Hall–Kier alpha value is -0.830. The van der Waals surface area contributed by atoms with Crippen LogP contribution in [-0.2, 0) is 9.53 Å². The first-order valence-electron chi connectivity index (χ1n) is 4.05. The standard InChI is InChI=1S/C9H17NO2/c1-7(2)5-10-9(11)6-12-8(3)4/h8H,1,5-6H2,2-4H3,(H,10,11). The molecule has 3 nitrogen and oxygen atoms in total. The topological polar surface area (TPSA) is 38.3 Å². The molecule has 0 aromatic heterocycles. The number of hydrogen-bond donors (Lipinski definition) is 1. The fraction of sp³-hybridized carbons (Fsp3) is 0.667. The van der Waals surface area contributed by atoms with Crippen LogP contribution in [0.25, 0.3) is 0 Å². The second-order valence-corrected chi connectivity index (χ2v) is 3.09. The molecule has 0 aliphatic rings. The lowest BCUT2D eigenvalue weighted by Gasteiger charge is -2.07. The SMILES string of the molecule is C=C(C)CNC(=O)COC(C)C. The molecule has 0 unspecified atom stereocenters. The highest BCUT2D eigenvalue weighted by Gasteiger charge is 2.01. The van der Waals surface area contributed by atoms with E-state index in [4.69, 9.17) is 4.74 Å². The number of hydrogen-bond acceptors (Lipinski definition) is 2. The Kier molecular flexibility index (Phi) is 5.37. The molecule has 0 fully saturated rings. The zero-order valence-electron chi connectivity index (χ0n) is 8.02.